The average molecular weight is 294 g/mol. The van der Waals surface area contributed by atoms with Crippen LogP contribution in [0.25, 0.3) is 28.5 Å². The highest BCUT2D eigenvalue weighted by Crippen LogP contribution is 2.24. The van der Waals surface area contributed by atoms with E-state index in [9.17, 15) is 4.79 Å². The minimum absolute atomic E-state index is 0.295. The molecule has 8 heteroatoms. The standard InChI is InChI=1S/C14H10N6O2/c1-19-14(21)20-8-15-11(12(20)17-18-19)13-16-10(7-22-13)9-5-3-2-4-6-9/h2-8H,1H3. The summed E-state index contributed by atoms with van der Waals surface area (Å²) in [6.07, 6.45) is 2.93. The summed E-state index contributed by atoms with van der Waals surface area (Å²) in [4.78, 5) is 20.5. The van der Waals surface area contributed by atoms with Gasteiger partial charge in [-0.05, 0) is 0 Å². The van der Waals surface area contributed by atoms with Crippen molar-refractivity contribution >= 4 is 5.65 Å². The summed E-state index contributed by atoms with van der Waals surface area (Å²) in [5.74, 6) is 0.295. The summed E-state index contributed by atoms with van der Waals surface area (Å²) in [6, 6.07) is 9.64. The van der Waals surface area contributed by atoms with Crippen molar-refractivity contribution < 1.29 is 4.42 Å². The molecule has 3 aromatic heterocycles. The predicted octanol–water partition coefficient (Wildman–Crippen LogP) is 1.14. The van der Waals surface area contributed by atoms with Crippen LogP contribution in [0.3, 0.4) is 0 Å². The van der Waals surface area contributed by atoms with Gasteiger partial charge in [-0.25, -0.2) is 19.2 Å². The van der Waals surface area contributed by atoms with Crippen molar-refractivity contribution in [1.29, 1.82) is 0 Å². The van der Waals surface area contributed by atoms with Gasteiger partial charge >= 0.3 is 5.69 Å². The number of imidazole rings is 1. The first kappa shape index (κ1) is 12.5. The third-order valence-electron chi connectivity index (χ3n) is 3.28. The molecule has 0 unspecified atom stereocenters. The minimum atomic E-state index is -0.335. The lowest BCUT2D eigenvalue weighted by Crippen LogP contribution is -2.26. The first-order chi connectivity index (χ1) is 10.7. The van der Waals surface area contributed by atoms with Crippen molar-refractivity contribution in [2.45, 2.75) is 0 Å². The molecule has 22 heavy (non-hydrogen) atoms. The zero-order chi connectivity index (χ0) is 15.1. The summed E-state index contributed by atoms with van der Waals surface area (Å²) in [5.41, 5.74) is 1.98. The molecule has 0 aliphatic rings. The van der Waals surface area contributed by atoms with Gasteiger partial charge in [0.1, 0.15) is 18.3 Å². The zero-order valence-corrected chi connectivity index (χ0v) is 11.5. The first-order valence-electron chi connectivity index (χ1n) is 6.52. The lowest BCUT2D eigenvalue weighted by molar-refractivity contribution is 0.572. The fourth-order valence-corrected chi connectivity index (χ4v) is 2.16. The monoisotopic (exact) mass is 294 g/mol. The molecule has 0 spiro atoms. The number of hydrogen-bond acceptors (Lipinski definition) is 6. The van der Waals surface area contributed by atoms with Gasteiger partial charge in [0.25, 0.3) is 0 Å². The van der Waals surface area contributed by atoms with Crippen LogP contribution in [0.4, 0.5) is 0 Å². The normalized spacial score (nSPS) is 11.1. The van der Waals surface area contributed by atoms with Gasteiger partial charge in [-0.1, -0.05) is 35.5 Å². The fraction of sp³-hybridized carbons (Fsp3) is 0.0714. The Bertz CT molecular complexity index is 1010. The van der Waals surface area contributed by atoms with E-state index in [0.29, 0.717) is 22.9 Å². The summed E-state index contributed by atoms with van der Waals surface area (Å²) in [6.45, 7) is 0. The van der Waals surface area contributed by atoms with Crippen LogP contribution in [0.2, 0.25) is 0 Å². The molecule has 8 nitrogen and oxygen atoms in total. The summed E-state index contributed by atoms with van der Waals surface area (Å²) >= 11 is 0. The quantitative estimate of drug-likeness (QED) is 0.550. The Kier molecular flexibility index (Phi) is 2.62. The van der Waals surface area contributed by atoms with Crippen molar-refractivity contribution in [3.05, 3.63) is 53.4 Å². The topological polar surface area (TPSA) is 91.1 Å². The molecular weight excluding hydrogens is 284 g/mol. The molecule has 0 fully saturated rings. The van der Waals surface area contributed by atoms with Crippen LogP contribution in [0.15, 0.2) is 52.1 Å². The molecule has 0 amide bonds. The smallest absolute Gasteiger partial charge is 0.352 e. The van der Waals surface area contributed by atoms with E-state index in [1.807, 2.05) is 30.3 Å². The summed E-state index contributed by atoms with van der Waals surface area (Å²) in [7, 11) is 1.52. The number of aromatic nitrogens is 6. The van der Waals surface area contributed by atoms with Gasteiger partial charge in [-0.3, -0.25) is 0 Å². The highest BCUT2D eigenvalue weighted by molar-refractivity contribution is 5.69. The number of fused-ring (bicyclic) bond motifs is 1. The number of nitrogens with zero attached hydrogens (tertiary/aromatic N) is 6. The number of oxazole rings is 1. The van der Waals surface area contributed by atoms with E-state index >= 15 is 0 Å². The van der Waals surface area contributed by atoms with Crippen LogP contribution in [-0.4, -0.2) is 29.4 Å². The van der Waals surface area contributed by atoms with Crippen molar-refractivity contribution in [2.75, 3.05) is 0 Å². The lowest BCUT2D eigenvalue weighted by atomic mass is 10.2. The third kappa shape index (κ3) is 1.81. The van der Waals surface area contributed by atoms with E-state index < -0.39 is 0 Å². The van der Waals surface area contributed by atoms with Gasteiger partial charge in [0, 0.05) is 12.6 Å². The highest BCUT2D eigenvalue weighted by Gasteiger charge is 2.17. The number of hydrogen-bond donors (Lipinski definition) is 0. The van der Waals surface area contributed by atoms with Gasteiger partial charge in [-0.2, -0.15) is 4.68 Å². The van der Waals surface area contributed by atoms with E-state index in [2.05, 4.69) is 20.3 Å². The molecule has 0 radical (unpaired) electrons. The largest absolute Gasteiger partial charge is 0.443 e. The third-order valence-corrected chi connectivity index (χ3v) is 3.28. The van der Waals surface area contributed by atoms with Crippen molar-refractivity contribution in [3.63, 3.8) is 0 Å². The van der Waals surface area contributed by atoms with Crippen LogP contribution < -0.4 is 5.69 Å². The molecule has 3 heterocycles. The van der Waals surface area contributed by atoms with Gasteiger partial charge in [0.2, 0.25) is 5.89 Å². The van der Waals surface area contributed by atoms with Crippen LogP contribution in [0, 0.1) is 0 Å². The van der Waals surface area contributed by atoms with Gasteiger partial charge in [-0.15, -0.1) is 5.10 Å². The first-order valence-corrected chi connectivity index (χ1v) is 6.52. The zero-order valence-electron chi connectivity index (χ0n) is 11.5. The van der Waals surface area contributed by atoms with Crippen molar-refractivity contribution in [3.8, 4) is 22.8 Å². The van der Waals surface area contributed by atoms with E-state index in [4.69, 9.17) is 4.42 Å². The van der Waals surface area contributed by atoms with Crippen molar-refractivity contribution in [2.24, 2.45) is 7.05 Å². The second-order valence-corrected chi connectivity index (χ2v) is 4.69. The van der Waals surface area contributed by atoms with E-state index in [1.54, 1.807) is 6.26 Å². The molecule has 0 saturated heterocycles. The molecular formula is C14H10N6O2. The maximum Gasteiger partial charge on any atom is 0.352 e. The van der Waals surface area contributed by atoms with Gasteiger partial charge in [0.15, 0.2) is 11.3 Å². The summed E-state index contributed by atoms with van der Waals surface area (Å²) < 4.78 is 7.91. The number of rotatable bonds is 2. The van der Waals surface area contributed by atoms with E-state index in [1.165, 1.54) is 17.8 Å². The maximum absolute atomic E-state index is 11.9. The molecule has 0 atom stereocenters. The average Bonchev–Trinajstić information content (AvgIpc) is 3.18. The Morgan fingerprint density at radius 1 is 1.18 bits per heavy atom. The Morgan fingerprint density at radius 2 is 2.00 bits per heavy atom. The van der Waals surface area contributed by atoms with Crippen LogP contribution >= 0.6 is 0 Å². The Labute approximate surface area is 123 Å². The van der Waals surface area contributed by atoms with Crippen LogP contribution in [-0.2, 0) is 7.05 Å². The number of aryl methyl sites for hydroxylation is 1. The SMILES string of the molecule is Cn1nnc2c(-c3nc(-c4ccccc4)co3)ncn2c1=O. The van der Waals surface area contributed by atoms with Gasteiger partial charge in [0.05, 0.1) is 0 Å². The van der Waals surface area contributed by atoms with Crippen molar-refractivity contribution in [1.82, 2.24) is 29.4 Å². The predicted molar refractivity (Wildman–Crippen MR) is 77.0 cm³/mol. The maximum atomic E-state index is 11.9. The second-order valence-electron chi connectivity index (χ2n) is 4.69. The molecule has 1 aromatic carbocycles. The number of benzene rings is 1. The Morgan fingerprint density at radius 3 is 2.82 bits per heavy atom. The van der Waals surface area contributed by atoms with E-state index in [-0.39, 0.29) is 5.69 Å². The lowest BCUT2D eigenvalue weighted by Gasteiger charge is -1.95. The Balaban J connectivity index is 1.85. The summed E-state index contributed by atoms with van der Waals surface area (Å²) in [5, 5.41) is 7.73. The molecule has 4 aromatic rings. The molecule has 0 saturated carbocycles. The Hall–Kier alpha value is -3.29. The molecule has 0 N–H and O–H groups in total. The second kappa shape index (κ2) is 4.62. The van der Waals surface area contributed by atoms with Crippen LogP contribution in [0.1, 0.15) is 0 Å². The highest BCUT2D eigenvalue weighted by atomic mass is 16.3. The van der Waals surface area contributed by atoms with Gasteiger partial charge < -0.3 is 4.42 Å². The van der Waals surface area contributed by atoms with E-state index in [0.717, 1.165) is 10.2 Å². The van der Waals surface area contributed by atoms with Crippen LogP contribution in [0.5, 0.6) is 0 Å². The molecule has 108 valence electrons. The molecule has 4 rings (SSSR count). The molecule has 0 aliphatic heterocycles. The molecule has 0 aliphatic carbocycles. The minimum Gasteiger partial charge on any atom is -0.443 e. The molecule has 0 bridgehead atoms. The fourth-order valence-electron chi connectivity index (χ4n) is 2.16.